The molecule has 0 radical (unpaired) electrons. The summed E-state index contributed by atoms with van der Waals surface area (Å²) in [6, 6.07) is 12.2. The monoisotopic (exact) mass is 591 g/mol. The fourth-order valence-corrected chi connectivity index (χ4v) is 8.46. The highest BCUT2D eigenvalue weighted by atomic mass is 32.2. The Kier molecular flexibility index (Phi) is 6.92. The highest BCUT2D eigenvalue weighted by Gasteiger charge is 2.50. The molecular formula is C29H29N5O7S. The number of carbonyl (C=O) groups is 1. The van der Waals surface area contributed by atoms with Gasteiger partial charge in [-0.25, -0.2) is 18.1 Å². The first kappa shape index (κ1) is 27.8. The number of nitrogens with zero attached hydrogens (tertiary/aromatic N) is 3. The van der Waals surface area contributed by atoms with E-state index in [0.29, 0.717) is 17.8 Å². The Morgan fingerprint density at radius 3 is 2.10 bits per heavy atom. The van der Waals surface area contributed by atoms with Gasteiger partial charge >= 0.3 is 0 Å². The lowest BCUT2D eigenvalue weighted by Crippen LogP contribution is -2.49. The fraction of sp³-hybridized carbons (Fsp3) is 0.379. The van der Waals surface area contributed by atoms with Crippen LogP contribution in [0.1, 0.15) is 48.9 Å². The number of anilines is 1. The molecule has 4 bridgehead atoms. The molecule has 1 heterocycles. The minimum atomic E-state index is -4.42. The molecule has 0 saturated heterocycles. The second kappa shape index (κ2) is 10.5. The predicted molar refractivity (Wildman–Crippen MR) is 153 cm³/mol. The van der Waals surface area contributed by atoms with Gasteiger partial charge in [0.2, 0.25) is 0 Å². The number of sulfonamides is 1. The van der Waals surface area contributed by atoms with Crippen LogP contribution in [-0.2, 0) is 10.0 Å². The summed E-state index contributed by atoms with van der Waals surface area (Å²) in [6.45, 7) is 0.617. The molecule has 7 rings (SSSR count). The molecular weight excluding hydrogens is 562 g/mol. The van der Waals surface area contributed by atoms with Gasteiger partial charge in [0.05, 0.1) is 20.4 Å². The van der Waals surface area contributed by atoms with Gasteiger partial charge in [-0.15, -0.1) is 0 Å². The van der Waals surface area contributed by atoms with Crippen LogP contribution in [0.2, 0.25) is 0 Å². The molecule has 2 aromatic carbocycles. The number of nitro groups is 2. The second-order valence-corrected chi connectivity index (χ2v) is 13.6. The molecule has 1 amide bonds. The number of aromatic nitrogens is 1. The van der Waals surface area contributed by atoms with Crippen LogP contribution in [0, 0.1) is 43.4 Å². The Bertz CT molecular complexity index is 1640. The molecule has 1 aromatic heterocycles. The van der Waals surface area contributed by atoms with Gasteiger partial charge in [0, 0.05) is 29.8 Å². The molecule has 4 saturated carbocycles. The van der Waals surface area contributed by atoms with E-state index in [9.17, 15) is 33.4 Å². The average molecular weight is 592 g/mol. The summed E-state index contributed by atoms with van der Waals surface area (Å²) in [5, 5.41) is 26.0. The molecule has 0 aliphatic heterocycles. The maximum absolute atomic E-state index is 13.0. The number of hydrogen-bond acceptors (Lipinski definition) is 9. The number of pyridine rings is 1. The first-order valence-corrected chi connectivity index (χ1v) is 15.3. The third kappa shape index (κ3) is 5.43. The van der Waals surface area contributed by atoms with Crippen LogP contribution >= 0.6 is 0 Å². The quantitative estimate of drug-likeness (QED) is 0.247. The molecule has 2 N–H and O–H groups in total. The molecule has 4 fully saturated rings. The molecule has 0 unspecified atom stereocenters. The molecule has 0 atom stereocenters. The van der Waals surface area contributed by atoms with Gasteiger partial charge in [0.25, 0.3) is 27.3 Å². The van der Waals surface area contributed by atoms with Gasteiger partial charge in [-0.1, -0.05) is 12.1 Å². The summed E-state index contributed by atoms with van der Waals surface area (Å²) in [4.78, 5) is 38.0. The third-order valence-electron chi connectivity index (χ3n) is 8.92. The van der Waals surface area contributed by atoms with Crippen LogP contribution in [0.4, 0.5) is 17.1 Å². The first-order valence-electron chi connectivity index (χ1n) is 13.8. The molecule has 12 nitrogen and oxygen atoms in total. The van der Waals surface area contributed by atoms with E-state index < -0.39 is 30.7 Å². The standard InChI is InChI=1S/C29H29N5O7S/c35-28(22-3-1-21(2-4-22)25-7-5-23(16-30-25)33(36)37)32-42(40,41)24-6-8-26(27(12-24)34(38)39)31-17-29-13-18-9-19(14-29)11-20(10-18)15-29/h1-8,12,16,18-20,31H,9-11,13-15,17H2,(H,32,35). The summed E-state index contributed by atoms with van der Waals surface area (Å²) in [5.74, 6) is 1.29. The van der Waals surface area contributed by atoms with E-state index in [2.05, 4.69) is 10.3 Å². The van der Waals surface area contributed by atoms with Crippen LogP contribution in [0.15, 0.2) is 65.7 Å². The normalized spacial score (nSPS) is 24.2. The van der Waals surface area contributed by atoms with Gasteiger partial charge in [0.1, 0.15) is 11.9 Å². The SMILES string of the molecule is O=C(NS(=O)(=O)c1ccc(NCC23CC4CC(CC(C4)C2)C3)c([N+](=O)[O-])c1)c1ccc(-c2ccc([N+](=O)[O-])cn2)cc1. The number of nitro benzene ring substituents is 1. The van der Waals surface area contributed by atoms with Crippen molar-refractivity contribution in [3.63, 3.8) is 0 Å². The fourth-order valence-electron chi connectivity index (χ4n) is 7.47. The summed E-state index contributed by atoms with van der Waals surface area (Å²) in [7, 11) is -4.42. The number of rotatable bonds is 9. The first-order chi connectivity index (χ1) is 20.0. The van der Waals surface area contributed by atoms with E-state index in [4.69, 9.17) is 0 Å². The minimum absolute atomic E-state index is 0.0348. The third-order valence-corrected chi connectivity index (χ3v) is 10.3. The summed E-state index contributed by atoms with van der Waals surface area (Å²) in [5.41, 5.74) is 0.900. The topological polar surface area (TPSA) is 174 Å². The molecule has 13 heteroatoms. The van der Waals surface area contributed by atoms with Crippen molar-refractivity contribution in [2.24, 2.45) is 23.2 Å². The molecule has 4 aliphatic carbocycles. The van der Waals surface area contributed by atoms with Crippen LogP contribution in [-0.4, -0.2) is 35.7 Å². The Morgan fingerprint density at radius 1 is 0.905 bits per heavy atom. The number of hydrogen-bond donors (Lipinski definition) is 2. The molecule has 3 aromatic rings. The van der Waals surface area contributed by atoms with Gasteiger partial charge in [0.15, 0.2) is 0 Å². The average Bonchev–Trinajstić information content (AvgIpc) is 2.95. The number of nitrogens with one attached hydrogen (secondary N) is 2. The number of amides is 1. The predicted octanol–water partition coefficient (Wildman–Crippen LogP) is 5.31. The molecule has 42 heavy (non-hydrogen) atoms. The van der Waals surface area contributed by atoms with Crippen molar-refractivity contribution in [3.8, 4) is 11.3 Å². The van der Waals surface area contributed by atoms with E-state index in [1.54, 1.807) is 0 Å². The van der Waals surface area contributed by atoms with Gasteiger partial charge in [-0.05, 0) is 92.0 Å². The lowest BCUT2D eigenvalue weighted by atomic mass is 9.49. The van der Waals surface area contributed by atoms with Crippen LogP contribution in [0.5, 0.6) is 0 Å². The number of carbonyl (C=O) groups excluding carboxylic acids is 1. The maximum atomic E-state index is 13.0. The Labute approximate surface area is 241 Å². The van der Waals surface area contributed by atoms with Crippen LogP contribution < -0.4 is 10.0 Å². The number of benzene rings is 2. The Hall–Kier alpha value is -4.39. The van der Waals surface area contributed by atoms with E-state index in [1.165, 1.54) is 67.8 Å². The van der Waals surface area contributed by atoms with Gasteiger partial charge in [-0.3, -0.25) is 25.0 Å². The van der Waals surface area contributed by atoms with Crippen molar-refractivity contribution in [2.75, 3.05) is 11.9 Å². The van der Waals surface area contributed by atoms with E-state index >= 15 is 0 Å². The van der Waals surface area contributed by atoms with Crippen molar-refractivity contribution < 1.29 is 23.1 Å². The van der Waals surface area contributed by atoms with Gasteiger partial charge in [-0.2, -0.15) is 0 Å². The maximum Gasteiger partial charge on any atom is 0.293 e. The second-order valence-electron chi connectivity index (χ2n) is 11.9. The van der Waals surface area contributed by atoms with Crippen molar-refractivity contribution in [2.45, 2.75) is 43.4 Å². The van der Waals surface area contributed by atoms with Crippen molar-refractivity contribution in [1.29, 1.82) is 0 Å². The zero-order valence-electron chi connectivity index (χ0n) is 22.6. The Balaban J connectivity index is 1.14. The largest absolute Gasteiger partial charge is 0.379 e. The van der Waals surface area contributed by atoms with E-state index in [-0.39, 0.29) is 28.0 Å². The van der Waals surface area contributed by atoms with E-state index in [1.807, 2.05) is 4.72 Å². The summed E-state index contributed by atoms with van der Waals surface area (Å²) >= 11 is 0. The van der Waals surface area contributed by atoms with Gasteiger partial charge < -0.3 is 5.32 Å². The summed E-state index contributed by atoms with van der Waals surface area (Å²) in [6.07, 6.45) is 8.37. The van der Waals surface area contributed by atoms with Crippen molar-refractivity contribution >= 4 is 33.0 Å². The van der Waals surface area contributed by atoms with Crippen LogP contribution in [0.25, 0.3) is 11.3 Å². The zero-order chi connectivity index (χ0) is 29.6. The highest BCUT2D eigenvalue weighted by Crippen LogP contribution is 2.60. The van der Waals surface area contributed by atoms with Crippen molar-refractivity contribution in [3.05, 3.63) is 86.6 Å². The lowest BCUT2D eigenvalue weighted by Gasteiger charge is -2.57. The van der Waals surface area contributed by atoms with Crippen molar-refractivity contribution in [1.82, 2.24) is 9.71 Å². The minimum Gasteiger partial charge on any atom is -0.379 e. The lowest BCUT2D eigenvalue weighted by molar-refractivity contribution is -0.385. The molecule has 218 valence electrons. The van der Waals surface area contributed by atoms with E-state index in [0.717, 1.165) is 49.3 Å². The molecule has 4 aliphatic rings. The smallest absolute Gasteiger partial charge is 0.293 e. The van der Waals surface area contributed by atoms with Crippen LogP contribution in [0.3, 0.4) is 0 Å². The molecule has 0 spiro atoms. The zero-order valence-corrected chi connectivity index (χ0v) is 23.4. The Morgan fingerprint density at radius 2 is 1.55 bits per heavy atom. The summed E-state index contributed by atoms with van der Waals surface area (Å²) < 4.78 is 28.0. The highest BCUT2D eigenvalue weighted by molar-refractivity contribution is 7.90.